The number of nitrogens with zero attached hydrogens (tertiary/aromatic N) is 2. The van der Waals surface area contributed by atoms with Gasteiger partial charge < -0.3 is 14.5 Å². The number of hydrogen-bond acceptors (Lipinski definition) is 5. The molecule has 1 N–H and O–H groups in total. The maximum absolute atomic E-state index is 15.1. The maximum atomic E-state index is 15.1. The average Bonchev–Trinajstić information content (AvgIpc) is 3.70. The van der Waals surface area contributed by atoms with E-state index in [0.29, 0.717) is 22.6 Å². The van der Waals surface area contributed by atoms with Gasteiger partial charge in [0.2, 0.25) is 0 Å². The van der Waals surface area contributed by atoms with Gasteiger partial charge in [0.15, 0.2) is 11.6 Å². The first kappa shape index (κ1) is 32.6. The Hall–Kier alpha value is -3.82. The summed E-state index contributed by atoms with van der Waals surface area (Å²) in [6.07, 6.45) is 8.30. The quantitative estimate of drug-likeness (QED) is 0.118. The molecule has 0 saturated heterocycles. The van der Waals surface area contributed by atoms with E-state index in [1.807, 2.05) is 59.4 Å². The molecule has 0 radical (unpaired) electrons. The predicted octanol–water partition coefficient (Wildman–Crippen LogP) is 10.1. The van der Waals surface area contributed by atoms with E-state index in [9.17, 15) is 4.79 Å². The Morgan fingerprint density at radius 1 is 1.18 bits per heavy atom. The summed E-state index contributed by atoms with van der Waals surface area (Å²) in [6.45, 7) is 8.37. The minimum atomic E-state index is -0.461. The molecule has 0 spiro atoms. The highest BCUT2D eigenvalue weighted by Crippen LogP contribution is 2.37. The fourth-order valence-electron chi connectivity index (χ4n) is 5.47. The number of nitrogens with one attached hydrogen (secondary N) is 1. The summed E-state index contributed by atoms with van der Waals surface area (Å²) in [4.78, 5) is 14.6. The molecule has 0 amide bonds. The number of thioether (sulfide) groups is 1. The molecule has 0 aliphatic heterocycles. The van der Waals surface area contributed by atoms with Crippen LogP contribution in [-0.4, -0.2) is 39.3 Å². The first-order chi connectivity index (χ1) is 21.7. The van der Waals surface area contributed by atoms with Gasteiger partial charge in [-0.05, 0) is 66.0 Å². The maximum Gasteiger partial charge on any atom is 0.315 e. The van der Waals surface area contributed by atoms with Gasteiger partial charge in [-0.3, -0.25) is 9.48 Å². The standard InChI is InChI=1S/C36H37BrFN3O3S/c1-5-28-29-14-17-39-32(29)21-30(38)35(28)44-27-12-7-9-24(20-27)31-15-18-41(40-31)33(25-10-6-11-26(37)19-25)13-8-16-36(2,3)23-45-22-34(42)43-4/h5-7,9-12,14-15,17-21,33,39H,1,8,13,16,22-23H2,2-4H3. The van der Waals surface area contributed by atoms with Crippen LogP contribution in [-0.2, 0) is 9.53 Å². The van der Waals surface area contributed by atoms with Gasteiger partial charge >= 0.3 is 5.97 Å². The largest absolute Gasteiger partial charge is 0.468 e. The minimum Gasteiger partial charge on any atom is -0.468 e. The van der Waals surface area contributed by atoms with E-state index < -0.39 is 5.82 Å². The predicted molar refractivity (Wildman–Crippen MR) is 185 cm³/mol. The first-order valence-electron chi connectivity index (χ1n) is 14.8. The molecule has 1 unspecified atom stereocenters. The highest BCUT2D eigenvalue weighted by molar-refractivity contribution is 9.10. The summed E-state index contributed by atoms with van der Waals surface area (Å²) < 4.78 is 29.0. The molecule has 6 nitrogen and oxygen atoms in total. The lowest BCUT2D eigenvalue weighted by molar-refractivity contribution is -0.137. The third kappa shape index (κ3) is 8.07. The lowest BCUT2D eigenvalue weighted by Gasteiger charge is -2.26. The minimum absolute atomic E-state index is 0.0338. The number of esters is 1. The number of carbonyl (C=O) groups excluding carboxylic acids is 1. The van der Waals surface area contributed by atoms with Crippen molar-refractivity contribution >= 4 is 50.6 Å². The van der Waals surface area contributed by atoms with Gasteiger partial charge in [0.05, 0.1) is 24.6 Å². The van der Waals surface area contributed by atoms with E-state index in [1.54, 1.807) is 24.0 Å². The Morgan fingerprint density at radius 2 is 2.00 bits per heavy atom. The van der Waals surface area contributed by atoms with Crippen molar-refractivity contribution in [3.8, 4) is 22.8 Å². The Kier molecular flexibility index (Phi) is 10.5. The highest BCUT2D eigenvalue weighted by atomic mass is 79.9. The van der Waals surface area contributed by atoms with Crippen molar-refractivity contribution in [3.05, 3.63) is 107 Å². The molecule has 2 heterocycles. The van der Waals surface area contributed by atoms with Crippen molar-refractivity contribution in [1.82, 2.24) is 14.8 Å². The zero-order valence-corrected chi connectivity index (χ0v) is 28.1. The number of aromatic nitrogens is 3. The van der Waals surface area contributed by atoms with Crippen LogP contribution in [0.4, 0.5) is 4.39 Å². The van der Waals surface area contributed by atoms with Gasteiger partial charge in [0.1, 0.15) is 5.75 Å². The Morgan fingerprint density at radius 3 is 2.78 bits per heavy atom. The molecule has 45 heavy (non-hydrogen) atoms. The lowest BCUT2D eigenvalue weighted by Crippen LogP contribution is -2.18. The van der Waals surface area contributed by atoms with Gasteiger partial charge in [-0.25, -0.2) is 4.39 Å². The normalized spacial score (nSPS) is 12.3. The van der Waals surface area contributed by atoms with Crippen LogP contribution < -0.4 is 4.74 Å². The van der Waals surface area contributed by atoms with Crippen molar-refractivity contribution in [3.63, 3.8) is 0 Å². The molecule has 5 rings (SSSR count). The Balaban J connectivity index is 1.34. The second-order valence-electron chi connectivity index (χ2n) is 11.8. The number of carbonyl (C=O) groups is 1. The molecule has 2 aromatic heterocycles. The Labute approximate surface area is 276 Å². The fraction of sp³-hybridized carbons (Fsp3) is 0.278. The average molecular weight is 691 g/mol. The number of hydrogen-bond donors (Lipinski definition) is 1. The molecule has 5 aromatic rings. The Bertz CT molecular complexity index is 1800. The molecule has 0 fully saturated rings. The van der Waals surface area contributed by atoms with Crippen molar-refractivity contribution in [2.45, 2.75) is 39.2 Å². The summed E-state index contributed by atoms with van der Waals surface area (Å²) in [5.41, 5.74) is 4.20. The van der Waals surface area contributed by atoms with E-state index in [2.05, 4.69) is 53.5 Å². The number of rotatable bonds is 14. The van der Waals surface area contributed by atoms with Gasteiger partial charge in [-0.15, -0.1) is 11.8 Å². The number of halogens is 2. The van der Waals surface area contributed by atoms with Gasteiger partial charge in [-0.2, -0.15) is 5.10 Å². The fourth-order valence-corrected chi connectivity index (χ4v) is 6.97. The zero-order valence-electron chi connectivity index (χ0n) is 25.7. The van der Waals surface area contributed by atoms with Crippen LogP contribution in [0.15, 0.2) is 90.2 Å². The van der Waals surface area contributed by atoms with Gasteiger partial charge in [0.25, 0.3) is 0 Å². The summed E-state index contributed by atoms with van der Waals surface area (Å²) in [7, 11) is 1.42. The monoisotopic (exact) mass is 689 g/mol. The molecular weight excluding hydrogens is 653 g/mol. The zero-order chi connectivity index (χ0) is 32.0. The van der Waals surface area contributed by atoms with Gasteiger partial charge in [0, 0.05) is 45.0 Å². The van der Waals surface area contributed by atoms with Crippen molar-refractivity contribution in [1.29, 1.82) is 0 Å². The summed E-state index contributed by atoms with van der Waals surface area (Å²) >= 11 is 5.25. The first-order valence-corrected chi connectivity index (χ1v) is 16.8. The topological polar surface area (TPSA) is 69.1 Å². The SMILES string of the molecule is C=Cc1c(Oc2cccc(-c3ccn(C(CCCC(C)(C)CSCC(=O)OC)c4cccc(Br)c4)n3)c2)c(F)cc2[nH]ccc12. The molecule has 234 valence electrons. The lowest BCUT2D eigenvalue weighted by atomic mass is 9.88. The smallest absolute Gasteiger partial charge is 0.315 e. The van der Waals surface area contributed by atoms with E-state index in [-0.39, 0.29) is 23.2 Å². The summed E-state index contributed by atoms with van der Waals surface area (Å²) in [5, 5.41) is 5.86. The van der Waals surface area contributed by atoms with E-state index in [1.165, 1.54) is 18.7 Å². The molecule has 3 aromatic carbocycles. The molecule has 9 heteroatoms. The molecule has 0 saturated carbocycles. The number of methoxy groups -OCH3 is 1. The summed E-state index contributed by atoms with van der Waals surface area (Å²) in [6, 6.07) is 21.3. The third-order valence-corrected chi connectivity index (χ3v) is 9.71. The number of ether oxygens (including phenoxy) is 2. The van der Waals surface area contributed by atoms with Crippen molar-refractivity contribution < 1.29 is 18.7 Å². The summed E-state index contributed by atoms with van der Waals surface area (Å²) in [5.74, 6) is 1.25. The van der Waals surface area contributed by atoms with E-state index in [0.717, 1.165) is 46.1 Å². The number of H-pyrrole nitrogens is 1. The van der Waals surface area contributed by atoms with E-state index >= 15 is 4.39 Å². The van der Waals surface area contributed by atoms with Crippen LogP contribution in [0.1, 0.15) is 50.3 Å². The van der Waals surface area contributed by atoms with Crippen LogP contribution in [0.25, 0.3) is 28.2 Å². The van der Waals surface area contributed by atoms with Crippen LogP contribution in [0, 0.1) is 11.2 Å². The second-order valence-corrected chi connectivity index (χ2v) is 13.7. The molecule has 0 aliphatic carbocycles. The van der Waals surface area contributed by atoms with Crippen LogP contribution >= 0.6 is 27.7 Å². The van der Waals surface area contributed by atoms with Gasteiger partial charge in [-0.1, -0.05) is 73.1 Å². The molecular formula is C36H37BrFN3O3S. The van der Waals surface area contributed by atoms with Crippen LogP contribution in [0.3, 0.4) is 0 Å². The molecule has 1 atom stereocenters. The highest BCUT2D eigenvalue weighted by Gasteiger charge is 2.22. The molecule has 0 bridgehead atoms. The second kappa shape index (κ2) is 14.5. The number of benzene rings is 3. The molecule has 0 aliphatic rings. The van der Waals surface area contributed by atoms with Crippen molar-refractivity contribution in [2.24, 2.45) is 5.41 Å². The number of fused-ring (bicyclic) bond motifs is 1. The third-order valence-electron chi connectivity index (χ3n) is 7.79. The van der Waals surface area contributed by atoms with Crippen LogP contribution in [0.5, 0.6) is 11.5 Å². The van der Waals surface area contributed by atoms with E-state index in [4.69, 9.17) is 14.6 Å². The van der Waals surface area contributed by atoms with Crippen molar-refractivity contribution in [2.75, 3.05) is 18.6 Å². The van der Waals surface area contributed by atoms with Crippen LogP contribution in [0.2, 0.25) is 0 Å². The number of aromatic amines is 1.